The van der Waals surface area contributed by atoms with E-state index >= 15 is 0 Å². The van der Waals surface area contributed by atoms with Crippen LogP contribution < -0.4 is 0 Å². The Morgan fingerprint density at radius 1 is 1.31 bits per heavy atom. The number of fused-ring (bicyclic) bond motifs is 2. The van der Waals surface area contributed by atoms with Crippen LogP contribution in [0.15, 0.2) is 0 Å². The van der Waals surface area contributed by atoms with E-state index in [1.807, 2.05) is 0 Å². The molecule has 1 saturated carbocycles. The molecule has 0 aromatic carbocycles. The van der Waals surface area contributed by atoms with Crippen LogP contribution in [0.4, 0.5) is 0 Å². The number of alkyl halides is 1. The minimum atomic E-state index is 0.180. The van der Waals surface area contributed by atoms with Gasteiger partial charge < -0.3 is 9.47 Å². The highest BCUT2D eigenvalue weighted by molar-refractivity contribution is 9.09. The van der Waals surface area contributed by atoms with Gasteiger partial charge in [-0.05, 0) is 12.3 Å². The molecule has 2 heterocycles. The molecule has 0 bridgehead atoms. The molecular formula is C10H15BrO2. The molecule has 2 aliphatic heterocycles. The average molecular weight is 247 g/mol. The van der Waals surface area contributed by atoms with Gasteiger partial charge in [-0.3, -0.25) is 0 Å². The van der Waals surface area contributed by atoms with Crippen LogP contribution in [0.1, 0.15) is 19.3 Å². The Morgan fingerprint density at radius 2 is 2.08 bits per heavy atom. The maximum Gasteiger partial charge on any atom is 0.0794 e. The van der Waals surface area contributed by atoms with Gasteiger partial charge in [-0.25, -0.2) is 0 Å². The summed E-state index contributed by atoms with van der Waals surface area (Å²) in [6.07, 6.45) is 3.59. The lowest BCUT2D eigenvalue weighted by Crippen LogP contribution is -2.45. The lowest BCUT2D eigenvalue weighted by molar-refractivity contribution is -0.115. The number of halogens is 1. The largest absolute Gasteiger partial charge is 0.381 e. The van der Waals surface area contributed by atoms with Crippen LogP contribution in [-0.2, 0) is 9.47 Å². The molecule has 0 amide bonds. The highest BCUT2D eigenvalue weighted by atomic mass is 79.9. The normalized spacial score (nSPS) is 46.4. The third-order valence-corrected chi connectivity index (χ3v) is 5.24. The molecule has 0 aromatic rings. The minimum Gasteiger partial charge on any atom is -0.381 e. The zero-order chi connectivity index (χ0) is 8.94. The summed E-state index contributed by atoms with van der Waals surface area (Å²) in [5, 5.41) is 1.12. The highest BCUT2D eigenvalue weighted by Gasteiger charge is 2.70. The van der Waals surface area contributed by atoms with E-state index in [9.17, 15) is 0 Å². The fraction of sp³-hybridized carbons (Fsp3) is 1.00. The molecular weight excluding hydrogens is 232 g/mol. The highest BCUT2D eigenvalue weighted by Crippen LogP contribution is 2.68. The fourth-order valence-corrected chi connectivity index (χ4v) is 4.39. The van der Waals surface area contributed by atoms with Crippen molar-refractivity contribution in [2.45, 2.75) is 24.9 Å². The Balaban J connectivity index is 1.88. The Hall–Kier alpha value is 0.400. The van der Waals surface area contributed by atoms with Gasteiger partial charge in [0.25, 0.3) is 0 Å². The van der Waals surface area contributed by atoms with Gasteiger partial charge in [0.1, 0.15) is 0 Å². The molecule has 3 heteroatoms. The minimum absolute atomic E-state index is 0.180. The van der Waals surface area contributed by atoms with Crippen LogP contribution in [0, 0.1) is 11.3 Å². The number of rotatable bonds is 1. The Morgan fingerprint density at radius 3 is 2.69 bits per heavy atom. The van der Waals surface area contributed by atoms with Crippen molar-refractivity contribution in [2.75, 3.05) is 25.2 Å². The van der Waals surface area contributed by atoms with Crippen LogP contribution in [0.3, 0.4) is 0 Å². The Kier molecular flexibility index (Phi) is 1.81. The molecule has 2 unspecified atom stereocenters. The number of hydrogen-bond donors (Lipinski definition) is 0. The summed E-state index contributed by atoms with van der Waals surface area (Å²) in [5.41, 5.74) is 0.663. The van der Waals surface area contributed by atoms with Crippen molar-refractivity contribution < 1.29 is 9.47 Å². The van der Waals surface area contributed by atoms with Crippen LogP contribution in [-0.4, -0.2) is 30.8 Å². The summed E-state index contributed by atoms with van der Waals surface area (Å²) in [6.45, 7) is 2.77. The fourth-order valence-electron chi connectivity index (χ4n) is 3.19. The SMILES string of the molecule is BrCC12CC1COC21CCOCC1. The van der Waals surface area contributed by atoms with Crippen LogP contribution in [0.2, 0.25) is 0 Å². The Labute approximate surface area is 87.1 Å². The molecule has 2 nitrogen and oxygen atoms in total. The molecule has 1 spiro atoms. The zero-order valence-electron chi connectivity index (χ0n) is 7.72. The molecule has 0 N–H and O–H groups in total. The quantitative estimate of drug-likeness (QED) is 0.659. The van der Waals surface area contributed by atoms with E-state index < -0.39 is 0 Å². The van der Waals surface area contributed by atoms with Gasteiger partial charge in [0.15, 0.2) is 0 Å². The summed E-state index contributed by atoms with van der Waals surface area (Å²) in [7, 11) is 0. The van der Waals surface area contributed by atoms with E-state index in [4.69, 9.17) is 9.47 Å². The van der Waals surface area contributed by atoms with Gasteiger partial charge in [-0.15, -0.1) is 0 Å². The molecule has 13 heavy (non-hydrogen) atoms. The monoisotopic (exact) mass is 246 g/mol. The standard InChI is InChI=1S/C10H15BrO2/c11-7-9-5-8(9)6-13-10(9)1-3-12-4-2-10/h8H,1-7H2. The maximum atomic E-state index is 6.03. The van der Waals surface area contributed by atoms with Gasteiger partial charge in [0.05, 0.1) is 12.2 Å². The van der Waals surface area contributed by atoms with Crippen molar-refractivity contribution in [3.05, 3.63) is 0 Å². The van der Waals surface area contributed by atoms with Crippen molar-refractivity contribution >= 4 is 15.9 Å². The second-order valence-corrected chi connectivity index (χ2v) is 5.17. The smallest absolute Gasteiger partial charge is 0.0794 e. The Bertz CT molecular complexity index is 221. The van der Waals surface area contributed by atoms with Crippen LogP contribution in [0.5, 0.6) is 0 Å². The second kappa shape index (κ2) is 2.71. The molecule has 3 rings (SSSR count). The second-order valence-electron chi connectivity index (χ2n) is 4.61. The summed E-state index contributed by atoms with van der Waals surface area (Å²) < 4.78 is 11.4. The topological polar surface area (TPSA) is 18.5 Å². The molecule has 0 aromatic heterocycles. The van der Waals surface area contributed by atoms with Gasteiger partial charge in [-0.2, -0.15) is 0 Å². The molecule has 3 fully saturated rings. The van der Waals surface area contributed by atoms with Crippen LogP contribution >= 0.6 is 15.9 Å². The van der Waals surface area contributed by atoms with Crippen molar-refractivity contribution in [2.24, 2.45) is 11.3 Å². The van der Waals surface area contributed by atoms with Gasteiger partial charge in [0, 0.05) is 36.8 Å². The molecule has 1 aliphatic carbocycles. The first kappa shape index (κ1) is 8.69. The van der Waals surface area contributed by atoms with Crippen molar-refractivity contribution in [3.63, 3.8) is 0 Å². The third-order valence-electron chi connectivity index (χ3n) is 4.24. The molecule has 74 valence electrons. The first-order valence-electron chi connectivity index (χ1n) is 5.11. The lowest BCUT2D eigenvalue weighted by Gasteiger charge is -2.40. The van der Waals surface area contributed by atoms with Crippen LogP contribution in [0.25, 0.3) is 0 Å². The zero-order valence-corrected chi connectivity index (χ0v) is 9.31. The summed E-state index contributed by atoms with van der Waals surface area (Å²) >= 11 is 3.66. The van der Waals surface area contributed by atoms with E-state index in [0.29, 0.717) is 5.41 Å². The number of hydrogen-bond acceptors (Lipinski definition) is 2. The predicted octanol–water partition coefficient (Wildman–Crippen LogP) is 1.97. The van der Waals surface area contributed by atoms with E-state index in [1.165, 1.54) is 6.42 Å². The van der Waals surface area contributed by atoms with Crippen molar-refractivity contribution in [1.29, 1.82) is 0 Å². The number of ether oxygens (including phenoxy) is 2. The van der Waals surface area contributed by atoms with Crippen molar-refractivity contribution in [1.82, 2.24) is 0 Å². The van der Waals surface area contributed by atoms with Crippen molar-refractivity contribution in [3.8, 4) is 0 Å². The maximum absolute atomic E-state index is 6.03. The van der Waals surface area contributed by atoms with Gasteiger partial charge in [-0.1, -0.05) is 15.9 Å². The summed E-state index contributed by atoms with van der Waals surface area (Å²) in [4.78, 5) is 0. The van der Waals surface area contributed by atoms with Gasteiger partial charge in [0.2, 0.25) is 0 Å². The van der Waals surface area contributed by atoms with E-state index in [1.54, 1.807) is 0 Å². The molecule has 3 aliphatic rings. The molecule has 2 saturated heterocycles. The third kappa shape index (κ3) is 0.959. The average Bonchev–Trinajstić information content (AvgIpc) is 2.86. The molecule has 2 atom stereocenters. The lowest BCUT2D eigenvalue weighted by atomic mass is 9.79. The first-order valence-corrected chi connectivity index (χ1v) is 6.23. The van der Waals surface area contributed by atoms with E-state index in [0.717, 1.165) is 43.9 Å². The summed E-state index contributed by atoms with van der Waals surface area (Å²) in [6, 6.07) is 0. The van der Waals surface area contributed by atoms with E-state index in [2.05, 4.69) is 15.9 Å². The first-order chi connectivity index (χ1) is 6.33. The summed E-state index contributed by atoms with van der Waals surface area (Å²) in [5.74, 6) is 0.838. The molecule has 0 radical (unpaired) electrons. The predicted molar refractivity (Wildman–Crippen MR) is 53.1 cm³/mol. The van der Waals surface area contributed by atoms with Gasteiger partial charge >= 0.3 is 0 Å². The van der Waals surface area contributed by atoms with E-state index in [-0.39, 0.29) is 5.60 Å².